The number of fused-ring (bicyclic) bond motifs is 1. The van der Waals surface area contributed by atoms with Gasteiger partial charge in [-0.1, -0.05) is 35.9 Å². The first-order valence-electron chi connectivity index (χ1n) is 10.6. The van der Waals surface area contributed by atoms with Crippen LogP contribution in [0.2, 0.25) is 0 Å². The fourth-order valence-corrected chi connectivity index (χ4v) is 3.55. The van der Waals surface area contributed by atoms with Gasteiger partial charge in [-0.15, -0.1) is 0 Å². The van der Waals surface area contributed by atoms with Gasteiger partial charge in [0.2, 0.25) is 5.91 Å². The van der Waals surface area contributed by atoms with E-state index in [1.807, 2.05) is 49.4 Å². The molecular formula is C27H21FN4O2. The van der Waals surface area contributed by atoms with Crippen LogP contribution in [0, 0.1) is 24.1 Å². The molecule has 1 heterocycles. The molecule has 0 aliphatic rings. The zero-order chi connectivity index (χ0) is 24.1. The van der Waals surface area contributed by atoms with E-state index in [9.17, 15) is 19.2 Å². The van der Waals surface area contributed by atoms with Crippen molar-refractivity contribution in [2.24, 2.45) is 0 Å². The summed E-state index contributed by atoms with van der Waals surface area (Å²) in [7, 11) is 0. The van der Waals surface area contributed by atoms with Crippen molar-refractivity contribution in [3.63, 3.8) is 0 Å². The molecule has 0 bridgehead atoms. The molecule has 0 unspecified atom stereocenters. The van der Waals surface area contributed by atoms with Gasteiger partial charge in [0.25, 0.3) is 5.91 Å². The maximum absolute atomic E-state index is 13.1. The first-order valence-corrected chi connectivity index (χ1v) is 10.6. The molecule has 2 N–H and O–H groups in total. The molecule has 0 spiro atoms. The third kappa shape index (κ3) is 5.19. The third-order valence-electron chi connectivity index (χ3n) is 5.24. The van der Waals surface area contributed by atoms with E-state index in [1.165, 1.54) is 30.3 Å². The van der Waals surface area contributed by atoms with Crippen LogP contribution in [0.15, 0.2) is 84.6 Å². The molecule has 4 rings (SSSR count). The molecule has 2 amide bonds. The van der Waals surface area contributed by atoms with E-state index in [1.54, 1.807) is 22.9 Å². The second-order valence-electron chi connectivity index (χ2n) is 7.77. The number of nitriles is 1. The third-order valence-corrected chi connectivity index (χ3v) is 5.24. The number of aromatic nitrogens is 1. The monoisotopic (exact) mass is 452 g/mol. The highest BCUT2D eigenvalue weighted by Crippen LogP contribution is 2.24. The van der Waals surface area contributed by atoms with Crippen molar-refractivity contribution in [2.75, 3.05) is 10.6 Å². The van der Waals surface area contributed by atoms with Gasteiger partial charge in [-0.25, -0.2) is 4.39 Å². The molecule has 168 valence electrons. The lowest BCUT2D eigenvalue weighted by Gasteiger charge is -2.07. The van der Waals surface area contributed by atoms with E-state index in [0.29, 0.717) is 16.9 Å². The van der Waals surface area contributed by atoms with Crippen molar-refractivity contribution in [2.45, 2.75) is 13.5 Å². The predicted octanol–water partition coefficient (Wildman–Crippen LogP) is 5.27. The minimum Gasteiger partial charge on any atom is -0.337 e. The van der Waals surface area contributed by atoms with E-state index in [-0.39, 0.29) is 23.8 Å². The molecule has 0 radical (unpaired) electrons. The molecule has 34 heavy (non-hydrogen) atoms. The molecule has 7 heteroatoms. The van der Waals surface area contributed by atoms with Crippen LogP contribution in [0.3, 0.4) is 0 Å². The minimum absolute atomic E-state index is 0.00315. The Labute approximate surface area is 195 Å². The number of nitrogens with one attached hydrogen (secondary N) is 2. The molecule has 4 aromatic rings. The van der Waals surface area contributed by atoms with Crippen LogP contribution in [0.1, 0.15) is 11.1 Å². The topological polar surface area (TPSA) is 86.9 Å². The average molecular weight is 452 g/mol. The summed E-state index contributed by atoms with van der Waals surface area (Å²) in [6, 6.07) is 22.2. The van der Waals surface area contributed by atoms with E-state index in [0.717, 1.165) is 16.5 Å². The lowest BCUT2D eigenvalue weighted by Crippen LogP contribution is -2.18. The van der Waals surface area contributed by atoms with Crippen molar-refractivity contribution < 1.29 is 14.0 Å². The molecular weight excluding hydrogens is 431 g/mol. The van der Waals surface area contributed by atoms with Gasteiger partial charge in [0.1, 0.15) is 24.0 Å². The number of halogens is 1. The molecule has 0 fully saturated rings. The second-order valence-corrected chi connectivity index (χ2v) is 7.77. The highest BCUT2D eigenvalue weighted by atomic mass is 19.1. The molecule has 6 nitrogen and oxygen atoms in total. The molecule has 0 saturated carbocycles. The number of amides is 2. The molecule has 0 aliphatic heterocycles. The Morgan fingerprint density at radius 3 is 2.32 bits per heavy atom. The smallest absolute Gasteiger partial charge is 0.266 e. The number of carbonyl (C=O) groups is 2. The maximum atomic E-state index is 13.1. The summed E-state index contributed by atoms with van der Waals surface area (Å²) in [6.45, 7) is 1.95. The molecule has 1 aromatic heterocycles. The number of para-hydroxylation sites is 1. The Bertz CT molecular complexity index is 1430. The van der Waals surface area contributed by atoms with Crippen LogP contribution < -0.4 is 10.6 Å². The van der Waals surface area contributed by atoms with Crippen LogP contribution in [-0.4, -0.2) is 16.4 Å². The minimum atomic E-state index is -0.516. The van der Waals surface area contributed by atoms with E-state index >= 15 is 0 Å². The average Bonchev–Trinajstić information content (AvgIpc) is 3.17. The highest BCUT2D eigenvalue weighted by molar-refractivity contribution is 6.10. The number of hydrogen-bond acceptors (Lipinski definition) is 3. The largest absolute Gasteiger partial charge is 0.337 e. The Balaban J connectivity index is 1.58. The SMILES string of the molecule is Cc1ccc(NC(=O)/C(C#N)=C\c2cn(CC(=O)Nc3ccc(F)cc3)c3ccccc23)cc1. The van der Waals surface area contributed by atoms with Gasteiger partial charge in [-0.3, -0.25) is 9.59 Å². The number of hydrogen-bond donors (Lipinski definition) is 2. The fraction of sp³-hybridized carbons (Fsp3) is 0.0741. The van der Waals surface area contributed by atoms with Crippen molar-refractivity contribution in [1.82, 2.24) is 4.57 Å². The first-order chi connectivity index (χ1) is 16.4. The van der Waals surface area contributed by atoms with Crippen LogP contribution in [0.5, 0.6) is 0 Å². The molecule has 0 atom stereocenters. The summed E-state index contributed by atoms with van der Waals surface area (Å²) >= 11 is 0. The maximum Gasteiger partial charge on any atom is 0.266 e. The number of benzene rings is 3. The van der Waals surface area contributed by atoms with Gasteiger partial charge in [0.05, 0.1) is 0 Å². The van der Waals surface area contributed by atoms with Gasteiger partial charge in [0.15, 0.2) is 0 Å². The number of carbonyl (C=O) groups excluding carboxylic acids is 2. The Morgan fingerprint density at radius 1 is 0.971 bits per heavy atom. The highest BCUT2D eigenvalue weighted by Gasteiger charge is 2.14. The van der Waals surface area contributed by atoms with Crippen LogP contribution in [0.4, 0.5) is 15.8 Å². The zero-order valence-corrected chi connectivity index (χ0v) is 18.4. The summed E-state index contributed by atoms with van der Waals surface area (Å²) in [6.07, 6.45) is 3.24. The number of anilines is 2. The standard InChI is InChI=1S/C27H21FN4O2/c1-18-6-10-23(11-7-18)31-27(34)19(15-29)14-20-16-32(25-5-3-2-4-24(20)25)17-26(33)30-22-12-8-21(28)9-13-22/h2-14,16H,17H2,1H3,(H,30,33)(H,31,34)/b19-14-. The number of nitrogens with zero attached hydrogens (tertiary/aromatic N) is 2. The van der Waals surface area contributed by atoms with Crippen LogP contribution >= 0.6 is 0 Å². The number of aryl methyl sites for hydroxylation is 1. The first kappa shape index (κ1) is 22.5. The zero-order valence-electron chi connectivity index (χ0n) is 18.4. The molecule has 0 saturated heterocycles. The van der Waals surface area contributed by atoms with E-state index < -0.39 is 5.91 Å². The lowest BCUT2D eigenvalue weighted by atomic mass is 10.1. The van der Waals surface area contributed by atoms with Crippen molar-refractivity contribution in [3.8, 4) is 6.07 Å². The molecule has 0 aliphatic carbocycles. The van der Waals surface area contributed by atoms with Gasteiger partial charge in [0, 0.05) is 34.0 Å². The van der Waals surface area contributed by atoms with Crippen LogP contribution in [0.25, 0.3) is 17.0 Å². The summed E-state index contributed by atoms with van der Waals surface area (Å²) < 4.78 is 14.8. The summed E-state index contributed by atoms with van der Waals surface area (Å²) in [5.74, 6) is -1.19. The predicted molar refractivity (Wildman–Crippen MR) is 130 cm³/mol. The Hall–Kier alpha value is -4.70. The normalized spacial score (nSPS) is 11.1. The number of rotatable bonds is 6. The summed E-state index contributed by atoms with van der Waals surface area (Å²) in [5, 5.41) is 15.9. The van der Waals surface area contributed by atoms with Gasteiger partial charge >= 0.3 is 0 Å². The van der Waals surface area contributed by atoms with E-state index in [2.05, 4.69) is 10.6 Å². The van der Waals surface area contributed by atoms with Gasteiger partial charge in [-0.2, -0.15) is 5.26 Å². The second kappa shape index (κ2) is 9.84. The van der Waals surface area contributed by atoms with Gasteiger partial charge < -0.3 is 15.2 Å². The van der Waals surface area contributed by atoms with Crippen LogP contribution in [-0.2, 0) is 16.1 Å². The molecule has 3 aromatic carbocycles. The van der Waals surface area contributed by atoms with Crippen molar-refractivity contribution in [3.05, 3.63) is 102 Å². The van der Waals surface area contributed by atoms with E-state index in [4.69, 9.17) is 0 Å². The Kier molecular flexibility index (Phi) is 6.51. The lowest BCUT2D eigenvalue weighted by molar-refractivity contribution is -0.116. The van der Waals surface area contributed by atoms with Crippen molar-refractivity contribution in [1.29, 1.82) is 5.26 Å². The quantitative estimate of drug-likeness (QED) is 0.309. The summed E-state index contributed by atoms with van der Waals surface area (Å²) in [4.78, 5) is 25.3. The summed E-state index contributed by atoms with van der Waals surface area (Å²) in [5.41, 5.74) is 3.50. The van der Waals surface area contributed by atoms with Crippen molar-refractivity contribution >= 4 is 40.2 Å². The van der Waals surface area contributed by atoms with Gasteiger partial charge in [-0.05, 0) is 55.5 Å². The fourth-order valence-electron chi connectivity index (χ4n) is 3.55. The Morgan fingerprint density at radius 2 is 1.62 bits per heavy atom.